The molecule has 0 radical (unpaired) electrons. The minimum atomic E-state index is -0.553. The minimum Gasteiger partial charge on any atom is -0.444 e. The van der Waals surface area contributed by atoms with E-state index in [9.17, 15) is 14.4 Å². The number of urea groups is 1. The number of rotatable bonds is 4. The molecule has 3 fully saturated rings. The van der Waals surface area contributed by atoms with E-state index in [1.807, 2.05) is 34.6 Å². The number of hydrogen-bond donors (Lipinski definition) is 1. The second kappa shape index (κ2) is 9.50. The Morgan fingerprint density at radius 2 is 1.90 bits per heavy atom. The molecule has 8 nitrogen and oxygen atoms in total. The van der Waals surface area contributed by atoms with Crippen LogP contribution in [0, 0.1) is 0 Å². The van der Waals surface area contributed by atoms with Gasteiger partial charge in [0.05, 0.1) is 6.04 Å². The van der Waals surface area contributed by atoms with Crippen molar-refractivity contribution in [2.45, 2.75) is 84.0 Å². The van der Waals surface area contributed by atoms with Gasteiger partial charge >= 0.3 is 12.1 Å². The van der Waals surface area contributed by atoms with Crippen molar-refractivity contribution < 1.29 is 19.1 Å². The van der Waals surface area contributed by atoms with Crippen molar-refractivity contribution in [1.29, 1.82) is 0 Å². The second-order valence-electron chi connectivity index (χ2n) is 9.14. The molecule has 1 unspecified atom stereocenters. The Kier molecular flexibility index (Phi) is 7.54. The van der Waals surface area contributed by atoms with E-state index in [1.54, 1.807) is 16.0 Å². The van der Waals surface area contributed by atoms with Gasteiger partial charge in [0.25, 0.3) is 5.91 Å². The molecule has 0 spiro atoms. The van der Waals surface area contributed by atoms with E-state index < -0.39 is 11.7 Å². The summed E-state index contributed by atoms with van der Waals surface area (Å²) in [5.41, 5.74) is -0.553. The van der Waals surface area contributed by atoms with Crippen LogP contribution in [0.4, 0.5) is 9.59 Å². The Labute approximate surface area is 174 Å². The van der Waals surface area contributed by atoms with Gasteiger partial charge in [0.15, 0.2) is 0 Å². The lowest BCUT2D eigenvalue weighted by Crippen LogP contribution is -2.44. The van der Waals surface area contributed by atoms with Gasteiger partial charge in [-0.1, -0.05) is 6.58 Å². The van der Waals surface area contributed by atoms with Crippen LogP contribution in [0.2, 0.25) is 0 Å². The number of likely N-dealkylation sites (tertiary alicyclic amines) is 1. The predicted molar refractivity (Wildman–Crippen MR) is 111 cm³/mol. The first-order valence-electron chi connectivity index (χ1n) is 10.5. The molecular formula is C21H36N4O4. The number of nitrogens with one attached hydrogen (secondary N) is 1. The van der Waals surface area contributed by atoms with Gasteiger partial charge in [-0.25, -0.2) is 9.59 Å². The average Bonchev–Trinajstić information content (AvgIpc) is 3.14. The van der Waals surface area contributed by atoms with Crippen molar-refractivity contribution in [1.82, 2.24) is 20.0 Å². The van der Waals surface area contributed by atoms with Crippen LogP contribution in [0.25, 0.3) is 0 Å². The van der Waals surface area contributed by atoms with Crippen molar-refractivity contribution in [3.8, 4) is 0 Å². The van der Waals surface area contributed by atoms with Crippen LogP contribution in [0.15, 0.2) is 12.8 Å². The fourth-order valence-corrected chi connectivity index (χ4v) is 3.48. The Morgan fingerprint density at radius 3 is 2.31 bits per heavy atom. The average molecular weight is 409 g/mol. The van der Waals surface area contributed by atoms with Gasteiger partial charge in [-0.15, -0.1) is 0 Å². The zero-order valence-corrected chi connectivity index (χ0v) is 18.4. The SMILES string of the molecule is C=CNC1CCC1.CC(C)N1CC(=O)N(C2CCN(C(=O)OC(C)(C)C)C2)C1=O. The number of nitrogens with zero attached hydrogens (tertiary/aromatic N) is 3. The standard InChI is InChI=1S/C15H25N3O4.C6H11N/c1-10(2)17-9-12(19)18(13(17)20)11-6-7-16(8-11)14(21)22-15(3,4)5;1-2-7-6-4-3-5-6/h10-11H,6-9H2,1-5H3;2,6-7H,1,3-5H2. The summed E-state index contributed by atoms with van der Waals surface area (Å²) >= 11 is 0. The maximum Gasteiger partial charge on any atom is 0.410 e. The zero-order valence-electron chi connectivity index (χ0n) is 18.4. The molecule has 29 heavy (non-hydrogen) atoms. The van der Waals surface area contributed by atoms with Gasteiger partial charge in [-0.2, -0.15) is 0 Å². The number of carbonyl (C=O) groups excluding carboxylic acids is 3. The lowest BCUT2D eigenvalue weighted by molar-refractivity contribution is -0.126. The fourth-order valence-electron chi connectivity index (χ4n) is 3.48. The van der Waals surface area contributed by atoms with Crippen molar-refractivity contribution in [2.24, 2.45) is 0 Å². The van der Waals surface area contributed by atoms with Crippen LogP contribution in [-0.4, -0.2) is 76.1 Å². The van der Waals surface area contributed by atoms with Gasteiger partial charge in [0.1, 0.15) is 12.1 Å². The van der Waals surface area contributed by atoms with E-state index in [2.05, 4.69) is 11.9 Å². The molecule has 3 aliphatic rings. The van der Waals surface area contributed by atoms with Gasteiger partial charge < -0.3 is 19.9 Å². The van der Waals surface area contributed by atoms with Crippen molar-refractivity contribution in [3.05, 3.63) is 12.8 Å². The van der Waals surface area contributed by atoms with E-state index in [0.29, 0.717) is 19.5 Å². The lowest BCUT2D eigenvalue weighted by atomic mass is 9.93. The van der Waals surface area contributed by atoms with E-state index >= 15 is 0 Å². The van der Waals surface area contributed by atoms with E-state index in [0.717, 1.165) is 6.04 Å². The molecule has 3 rings (SSSR count). The molecule has 1 aliphatic carbocycles. The molecule has 1 saturated carbocycles. The van der Waals surface area contributed by atoms with Gasteiger partial charge in [0.2, 0.25) is 0 Å². The van der Waals surface area contributed by atoms with Crippen LogP contribution >= 0.6 is 0 Å². The molecule has 0 aromatic rings. The largest absolute Gasteiger partial charge is 0.444 e. The molecular weight excluding hydrogens is 372 g/mol. The van der Waals surface area contributed by atoms with Crippen LogP contribution in [0.5, 0.6) is 0 Å². The fraction of sp³-hybridized carbons (Fsp3) is 0.762. The Balaban J connectivity index is 0.000000360. The highest BCUT2D eigenvalue weighted by atomic mass is 16.6. The molecule has 1 atom stereocenters. The highest BCUT2D eigenvalue weighted by Crippen LogP contribution is 2.24. The Hall–Kier alpha value is -2.25. The summed E-state index contributed by atoms with van der Waals surface area (Å²) in [5, 5.41) is 3.15. The highest BCUT2D eigenvalue weighted by molar-refractivity contribution is 6.02. The first kappa shape index (κ1) is 23.0. The van der Waals surface area contributed by atoms with E-state index in [4.69, 9.17) is 4.74 Å². The van der Waals surface area contributed by atoms with Crippen LogP contribution in [0.3, 0.4) is 0 Å². The number of carbonyl (C=O) groups is 3. The smallest absolute Gasteiger partial charge is 0.410 e. The highest BCUT2D eigenvalue weighted by Gasteiger charge is 2.44. The van der Waals surface area contributed by atoms with E-state index in [1.165, 1.54) is 24.2 Å². The maximum absolute atomic E-state index is 12.3. The zero-order chi connectivity index (χ0) is 21.8. The number of imide groups is 1. The maximum atomic E-state index is 12.3. The van der Waals surface area contributed by atoms with Gasteiger partial charge in [-0.05, 0) is 66.5 Å². The third kappa shape index (κ3) is 6.11. The number of hydrogen-bond acceptors (Lipinski definition) is 5. The summed E-state index contributed by atoms with van der Waals surface area (Å²) in [7, 11) is 0. The Bertz CT molecular complexity index is 625. The summed E-state index contributed by atoms with van der Waals surface area (Å²) in [6.45, 7) is 13.7. The summed E-state index contributed by atoms with van der Waals surface area (Å²) in [6.07, 6.45) is 6.06. The molecule has 2 heterocycles. The molecule has 164 valence electrons. The topological polar surface area (TPSA) is 82.2 Å². The van der Waals surface area contributed by atoms with Crippen molar-refractivity contribution in [3.63, 3.8) is 0 Å². The molecule has 4 amide bonds. The van der Waals surface area contributed by atoms with Gasteiger partial charge in [-0.3, -0.25) is 9.69 Å². The monoisotopic (exact) mass is 408 g/mol. The summed E-state index contributed by atoms with van der Waals surface area (Å²) in [6, 6.07) is 0.245. The molecule has 0 bridgehead atoms. The van der Waals surface area contributed by atoms with Crippen molar-refractivity contribution in [2.75, 3.05) is 19.6 Å². The summed E-state index contributed by atoms with van der Waals surface area (Å²) in [5.74, 6) is -0.185. The van der Waals surface area contributed by atoms with Gasteiger partial charge in [0, 0.05) is 25.2 Å². The first-order valence-corrected chi connectivity index (χ1v) is 10.5. The first-order chi connectivity index (χ1) is 13.5. The lowest BCUT2D eigenvalue weighted by Gasteiger charge is -2.26. The van der Waals surface area contributed by atoms with Crippen LogP contribution in [0.1, 0.15) is 60.3 Å². The quantitative estimate of drug-likeness (QED) is 0.723. The van der Waals surface area contributed by atoms with Crippen molar-refractivity contribution >= 4 is 18.0 Å². The molecule has 2 saturated heterocycles. The molecule has 2 aliphatic heterocycles. The second-order valence-corrected chi connectivity index (χ2v) is 9.14. The molecule has 1 N–H and O–H groups in total. The minimum absolute atomic E-state index is 0.00943. The molecule has 8 heteroatoms. The normalized spacial score (nSPS) is 22.4. The number of amides is 4. The predicted octanol–water partition coefficient (Wildman–Crippen LogP) is 2.94. The van der Waals surface area contributed by atoms with Crippen LogP contribution < -0.4 is 5.32 Å². The molecule has 0 aromatic carbocycles. The summed E-state index contributed by atoms with van der Waals surface area (Å²) in [4.78, 5) is 41.0. The third-order valence-corrected chi connectivity index (χ3v) is 5.29. The van der Waals surface area contributed by atoms with Crippen LogP contribution in [-0.2, 0) is 9.53 Å². The van der Waals surface area contributed by atoms with E-state index in [-0.39, 0.29) is 30.6 Å². The third-order valence-electron chi connectivity index (χ3n) is 5.29. The number of ether oxygens (including phenoxy) is 1. The molecule has 0 aromatic heterocycles. The Morgan fingerprint density at radius 1 is 1.24 bits per heavy atom. The summed E-state index contributed by atoms with van der Waals surface area (Å²) < 4.78 is 5.33.